The maximum atomic E-state index is 12.3. The molecule has 4 nitrogen and oxygen atoms in total. The van der Waals surface area contributed by atoms with E-state index in [0.29, 0.717) is 11.0 Å². The molecule has 2 rings (SSSR count). The third-order valence-electron chi connectivity index (χ3n) is 3.21. The number of carbonyl (C=O) groups excluding carboxylic acids is 1. The molecular weight excluding hydrogens is 302 g/mol. The van der Waals surface area contributed by atoms with E-state index in [2.05, 4.69) is 36.3 Å². The van der Waals surface area contributed by atoms with Crippen molar-refractivity contribution in [1.29, 1.82) is 0 Å². The van der Waals surface area contributed by atoms with Gasteiger partial charge in [-0.1, -0.05) is 44.9 Å². The minimum Gasteiger partial charge on any atom is -0.296 e. The van der Waals surface area contributed by atoms with Crippen LogP contribution in [0.25, 0.3) is 0 Å². The van der Waals surface area contributed by atoms with Crippen LogP contribution in [0.15, 0.2) is 11.4 Å². The topological polar surface area (TPSA) is 54.9 Å². The second kappa shape index (κ2) is 7.66. The van der Waals surface area contributed by atoms with Crippen molar-refractivity contribution >= 4 is 33.7 Å². The summed E-state index contributed by atoms with van der Waals surface area (Å²) < 4.78 is 0. The maximum Gasteiger partial charge on any atom is 0.267 e. The molecule has 2 aromatic heterocycles. The normalized spacial score (nSPS) is 11.0. The van der Waals surface area contributed by atoms with Crippen molar-refractivity contribution in [1.82, 2.24) is 10.2 Å². The number of aromatic nitrogens is 2. The van der Waals surface area contributed by atoms with Crippen LogP contribution in [0.2, 0.25) is 0 Å². The third-order valence-corrected chi connectivity index (χ3v) is 5.03. The first-order valence-electron chi connectivity index (χ1n) is 7.33. The first-order chi connectivity index (χ1) is 10.1. The molecule has 0 aliphatic carbocycles. The molecule has 1 amide bonds. The van der Waals surface area contributed by atoms with Crippen LogP contribution in [0.5, 0.6) is 0 Å². The highest BCUT2D eigenvalue weighted by Crippen LogP contribution is 2.26. The van der Waals surface area contributed by atoms with E-state index < -0.39 is 0 Å². The molecular formula is C15H21N3OS2. The van der Waals surface area contributed by atoms with Gasteiger partial charge in [-0.3, -0.25) is 10.1 Å². The number of hydrogen-bond acceptors (Lipinski definition) is 5. The molecule has 0 aromatic carbocycles. The van der Waals surface area contributed by atoms with Gasteiger partial charge in [-0.05, 0) is 29.3 Å². The lowest BCUT2D eigenvalue weighted by Crippen LogP contribution is -2.12. The summed E-state index contributed by atoms with van der Waals surface area (Å²) in [5.74, 6) is 0.265. The number of nitrogens with one attached hydrogen (secondary N) is 1. The zero-order valence-corrected chi connectivity index (χ0v) is 14.3. The number of hydrogen-bond donors (Lipinski definition) is 1. The van der Waals surface area contributed by atoms with Crippen molar-refractivity contribution in [2.45, 2.75) is 52.4 Å². The van der Waals surface area contributed by atoms with Gasteiger partial charge in [0.25, 0.3) is 5.91 Å². The first-order valence-corrected chi connectivity index (χ1v) is 9.02. The zero-order valence-electron chi connectivity index (χ0n) is 12.7. The van der Waals surface area contributed by atoms with E-state index in [1.807, 2.05) is 11.4 Å². The Morgan fingerprint density at radius 1 is 1.33 bits per heavy atom. The summed E-state index contributed by atoms with van der Waals surface area (Å²) in [4.78, 5) is 13.1. The van der Waals surface area contributed by atoms with E-state index in [0.717, 1.165) is 28.3 Å². The summed E-state index contributed by atoms with van der Waals surface area (Å²) in [6.07, 6.45) is 4.46. The summed E-state index contributed by atoms with van der Waals surface area (Å²) in [6, 6.07) is 2.01. The summed E-state index contributed by atoms with van der Waals surface area (Å²) in [7, 11) is 0. The highest BCUT2D eigenvalue weighted by Gasteiger charge is 2.17. The maximum absolute atomic E-state index is 12.3. The second-order valence-electron chi connectivity index (χ2n) is 5.27. The minimum absolute atomic E-state index is 0.0787. The Morgan fingerprint density at radius 3 is 2.86 bits per heavy atom. The molecule has 0 radical (unpaired) electrons. The standard InChI is InChI=1S/C15H21N3OS2/c1-4-5-6-7-12-17-18-15(21-12)16-14(19)13-11(10(2)3)8-9-20-13/h8-10H,4-7H2,1-3H3,(H,16,18,19). The number of anilines is 1. The van der Waals surface area contributed by atoms with Crippen LogP contribution in [0.4, 0.5) is 5.13 Å². The molecule has 0 saturated carbocycles. The predicted octanol–water partition coefficient (Wildman–Crippen LogP) is 4.71. The van der Waals surface area contributed by atoms with Crippen molar-refractivity contribution in [3.05, 3.63) is 26.9 Å². The Morgan fingerprint density at radius 2 is 2.14 bits per heavy atom. The molecule has 0 unspecified atom stereocenters. The van der Waals surface area contributed by atoms with Crippen molar-refractivity contribution in [3.63, 3.8) is 0 Å². The summed E-state index contributed by atoms with van der Waals surface area (Å²) >= 11 is 2.95. The lowest BCUT2D eigenvalue weighted by molar-refractivity contribution is 0.102. The molecule has 114 valence electrons. The Labute approximate surface area is 133 Å². The summed E-state index contributed by atoms with van der Waals surface area (Å²) in [5.41, 5.74) is 1.09. The molecule has 2 aromatic rings. The SMILES string of the molecule is CCCCCc1nnc(NC(=O)c2sccc2C(C)C)s1. The van der Waals surface area contributed by atoms with E-state index in [9.17, 15) is 4.79 Å². The van der Waals surface area contributed by atoms with Crippen LogP contribution < -0.4 is 5.32 Å². The summed E-state index contributed by atoms with van der Waals surface area (Å²) in [5, 5.41) is 14.6. The second-order valence-corrected chi connectivity index (χ2v) is 7.25. The van der Waals surface area contributed by atoms with Crippen molar-refractivity contribution < 1.29 is 4.79 Å². The molecule has 0 bridgehead atoms. The average Bonchev–Trinajstić information content (AvgIpc) is 3.07. The molecule has 0 fully saturated rings. The number of unbranched alkanes of at least 4 members (excludes halogenated alkanes) is 2. The van der Waals surface area contributed by atoms with Gasteiger partial charge in [0, 0.05) is 6.42 Å². The molecule has 0 atom stereocenters. The van der Waals surface area contributed by atoms with Gasteiger partial charge in [0.2, 0.25) is 5.13 Å². The average molecular weight is 323 g/mol. The smallest absolute Gasteiger partial charge is 0.267 e. The monoisotopic (exact) mass is 323 g/mol. The van der Waals surface area contributed by atoms with E-state index in [4.69, 9.17) is 0 Å². The molecule has 0 aliphatic rings. The number of aryl methyl sites for hydroxylation is 1. The Balaban J connectivity index is 1.98. The number of nitrogens with zero attached hydrogens (tertiary/aromatic N) is 2. The van der Waals surface area contributed by atoms with Crippen molar-refractivity contribution in [2.75, 3.05) is 5.32 Å². The number of amides is 1. The Bertz CT molecular complexity index is 589. The van der Waals surface area contributed by atoms with Gasteiger partial charge >= 0.3 is 0 Å². The minimum atomic E-state index is -0.0787. The van der Waals surface area contributed by atoms with Gasteiger partial charge in [-0.25, -0.2) is 0 Å². The fourth-order valence-electron chi connectivity index (χ4n) is 2.04. The van der Waals surface area contributed by atoms with Gasteiger partial charge in [0.15, 0.2) is 0 Å². The van der Waals surface area contributed by atoms with Crippen LogP contribution in [0.3, 0.4) is 0 Å². The highest BCUT2D eigenvalue weighted by molar-refractivity contribution is 7.15. The van der Waals surface area contributed by atoms with E-state index in [-0.39, 0.29) is 5.91 Å². The molecule has 21 heavy (non-hydrogen) atoms. The Hall–Kier alpha value is -1.27. The van der Waals surface area contributed by atoms with Crippen LogP contribution in [0, 0.1) is 0 Å². The van der Waals surface area contributed by atoms with Crippen LogP contribution in [-0.2, 0) is 6.42 Å². The molecule has 2 heterocycles. The van der Waals surface area contributed by atoms with E-state index in [1.165, 1.54) is 35.5 Å². The van der Waals surface area contributed by atoms with Crippen molar-refractivity contribution in [3.8, 4) is 0 Å². The molecule has 0 saturated heterocycles. The van der Waals surface area contributed by atoms with E-state index in [1.54, 1.807) is 0 Å². The van der Waals surface area contributed by atoms with Crippen LogP contribution in [-0.4, -0.2) is 16.1 Å². The number of rotatable bonds is 7. The summed E-state index contributed by atoms with van der Waals surface area (Å²) in [6.45, 7) is 6.37. The number of thiophene rings is 1. The Kier molecular flexibility index (Phi) is 5.87. The largest absolute Gasteiger partial charge is 0.296 e. The van der Waals surface area contributed by atoms with Gasteiger partial charge in [-0.15, -0.1) is 21.5 Å². The number of carbonyl (C=O) groups is 1. The van der Waals surface area contributed by atoms with Crippen molar-refractivity contribution in [2.24, 2.45) is 0 Å². The lowest BCUT2D eigenvalue weighted by Gasteiger charge is -2.05. The van der Waals surface area contributed by atoms with Gasteiger partial charge in [0.05, 0.1) is 4.88 Å². The third kappa shape index (κ3) is 4.35. The highest BCUT2D eigenvalue weighted by atomic mass is 32.1. The molecule has 0 aliphatic heterocycles. The fraction of sp³-hybridized carbons (Fsp3) is 0.533. The van der Waals surface area contributed by atoms with Gasteiger partial charge in [-0.2, -0.15) is 0 Å². The fourth-order valence-corrected chi connectivity index (χ4v) is 3.77. The lowest BCUT2D eigenvalue weighted by atomic mass is 10.0. The predicted molar refractivity (Wildman–Crippen MR) is 89.5 cm³/mol. The van der Waals surface area contributed by atoms with E-state index >= 15 is 0 Å². The van der Waals surface area contributed by atoms with Crippen LogP contribution >= 0.6 is 22.7 Å². The molecule has 6 heteroatoms. The molecule has 1 N–H and O–H groups in total. The first kappa shape index (κ1) is 16.1. The van der Waals surface area contributed by atoms with Crippen LogP contribution in [0.1, 0.15) is 66.2 Å². The van der Waals surface area contributed by atoms with Gasteiger partial charge < -0.3 is 0 Å². The van der Waals surface area contributed by atoms with Gasteiger partial charge in [0.1, 0.15) is 5.01 Å². The quantitative estimate of drug-likeness (QED) is 0.751. The zero-order chi connectivity index (χ0) is 15.2. The molecule has 0 spiro atoms.